The summed E-state index contributed by atoms with van der Waals surface area (Å²) >= 11 is 0. The Morgan fingerprint density at radius 1 is 1.03 bits per heavy atom. The van der Waals surface area contributed by atoms with Crippen LogP contribution in [-0.4, -0.2) is 64.8 Å². The molecule has 1 saturated heterocycles. The summed E-state index contributed by atoms with van der Waals surface area (Å²) in [6.45, 7) is 12.5. The second-order valence-electron chi connectivity index (χ2n) is 10.6. The lowest BCUT2D eigenvalue weighted by Crippen LogP contribution is -2.56. The molecule has 174 valence electrons. The maximum Gasteiger partial charge on any atom is 0.161 e. The quantitative estimate of drug-likeness (QED) is 0.402. The number of fused-ring (bicyclic) bond motifs is 2. The molecule has 3 atom stereocenters. The number of nitrogens with zero attached hydrogens (tertiary/aromatic N) is 1. The van der Waals surface area contributed by atoms with Crippen molar-refractivity contribution < 1.29 is 23.4 Å². The smallest absolute Gasteiger partial charge is 0.161 e. The minimum absolute atomic E-state index is 0.575. The van der Waals surface area contributed by atoms with Crippen molar-refractivity contribution in [3.63, 3.8) is 0 Å². The number of rotatable bonds is 10. The predicted molar refractivity (Wildman–Crippen MR) is 122 cm³/mol. The fourth-order valence-corrected chi connectivity index (χ4v) is 6.46. The lowest BCUT2D eigenvalue weighted by atomic mass is 9.45. The molecule has 5 nitrogen and oxygen atoms in total. The van der Waals surface area contributed by atoms with Gasteiger partial charge in [0, 0.05) is 12.2 Å². The third-order valence-electron chi connectivity index (χ3n) is 8.73. The zero-order valence-electron chi connectivity index (χ0n) is 20.0. The fourth-order valence-electron chi connectivity index (χ4n) is 6.46. The molecule has 0 radical (unpaired) electrons. The monoisotopic (exact) mass is 432 g/mol. The van der Waals surface area contributed by atoms with Gasteiger partial charge in [-0.15, -0.1) is 0 Å². The van der Waals surface area contributed by atoms with E-state index in [0.29, 0.717) is 5.41 Å². The summed E-state index contributed by atoms with van der Waals surface area (Å²) in [6.07, 6.45) is 5.54. The van der Waals surface area contributed by atoms with E-state index in [4.69, 9.17) is 18.9 Å². The predicted octanol–water partition coefficient (Wildman–Crippen LogP) is 4.53. The molecular formula is C26H42NO4+. The maximum atomic E-state index is 6.22. The summed E-state index contributed by atoms with van der Waals surface area (Å²) in [6, 6.07) is 6.29. The molecule has 3 saturated carbocycles. The molecule has 5 rings (SSSR count). The van der Waals surface area contributed by atoms with E-state index in [9.17, 15) is 0 Å². The molecule has 3 unspecified atom stereocenters. The molecule has 0 aromatic heterocycles. The van der Waals surface area contributed by atoms with Crippen LogP contribution < -0.4 is 9.47 Å². The molecule has 1 heterocycles. The van der Waals surface area contributed by atoms with Crippen molar-refractivity contribution in [2.24, 2.45) is 23.2 Å². The summed E-state index contributed by atoms with van der Waals surface area (Å²) in [4.78, 5) is 0. The SMILES string of the molecule is COc1ccc(C[N+]2(CCOCCC3CCC4CC3C4(C)C)CCOCC2)cc1OC. The third-order valence-corrected chi connectivity index (χ3v) is 8.73. The van der Waals surface area contributed by atoms with Crippen molar-refractivity contribution in [1.82, 2.24) is 0 Å². The van der Waals surface area contributed by atoms with Crippen LogP contribution in [0.5, 0.6) is 11.5 Å². The van der Waals surface area contributed by atoms with Gasteiger partial charge >= 0.3 is 0 Å². The van der Waals surface area contributed by atoms with Crippen LogP contribution in [-0.2, 0) is 16.0 Å². The van der Waals surface area contributed by atoms with Crippen molar-refractivity contribution >= 4 is 0 Å². The van der Waals surface area contributed by atoms with Gasteiger partial charge in [-0.1, -0.05) is 13.8 Å². The second-order valence-corrected chi connectivity index (χ2v) is 10.6. The van der Waals surface area contributed by atoms with Gasteiger partial charge in [0.2, 0.25) is 0 Å². The van der Waals surface area contributed by atoms with Crippen LogP contribution in [0.4, 0.5) is 0 Å². The Labute approximate surface area is 188 Å². The zero-order chi connectivity index (χ0) is 21.9. The number of methoxy groups -OCH3 is 2. The first-order valence-electron chi connectivity index (χ1n) is 12.2. The highest BCUT2D eigenvalue weighted by atomic mass is 16.5. The van der Waals surface area contributed by atoms with E-state index in [-0.39, 0.29) is 0 Å². The van der Waals surface area contributed by atoms with Crippen molar-refractivity contribution in [2.45, 2.75) is 46.1 Å². The summed E-state index contributed by atoms with van der Waals surface area (Å²) in [5, 5.41) is 0. The van der Waals surface area contributed by atoms with Crippen LogP contribution in [0.1, 0.15) is 45.1 Å². The Morgan fingerprint density at radius 3 is 2.48 bits per heavy atom. The Balaban J connectivity index is 1.28. The zero-order valence-corrected chi connectivity index (χ0v) is 20.0. The molecule has 3 aliphatic carbocycles. The van der Waals surface area contributed by atoms with Gasteiger partial charge in [-0.2, -0.15) is 0 Å². The average Bonchev–Trinajstić information content (AvgIpc) is 2.79. The number of quaternary nitrogens is 1. The Kier molecular flexibility index (Phi) is 7.14. The van der Waals surface area contributed by atoms with E-state index < -0.39 is 0 Å². The topological polar surface area (TPSA) is 36.9 Å². The van der Waals surface area contributed by atoms with Gasteiger partial charge in [0.1, 0.15) is 26.2 Å². The fraction of sp³-hybridized carbons (Fsp3) is 0.769. The normalized spacial score (nSPS) is 28.6. The molecule has 0 spiro atoms. The van der Waals surface area contributed by atoms with Crippen LogP contribution >= 0.6 is 0 Å². The highest BCUT2D eigenvalue weighted by molar-refractivity contribution is 5.42. The van der Waals surface area contributed by atoms with E-state index >= 15 is 0 Å². The first kappa shape index (κ1) is 22.9. The van der Waals surface area contributed by atoms with Gasteiger partial charge < -0.3 is 23.4 Å². The van der Waals surface area contributed by atoms with Crippen LogP contribution in [0.25, 0.3) is 0 Å². The lowest BCUT2D eigenvalue weighted by Gasteiger charge is -2.60. The number of ether oxygens (including phenoxy) is 4. The van der Waals surface area contributed by atoms with Crippen LogP contribution in [0.2, 0.25) is 0 Å². The van der Waals surface area contributed by atoms with Gasteiger partial charge in [-0.05, 0) is 67.1 Å². The molecule has 5 heteroatoms. The van der Waals surface area contributed by atoms with Gasteiger partial charge in [0.15, 0.2) is 11.5 Å². The van der Waals surface area contributed by atoms with Gasteiger partial charge in [-0.3, -0.25) is 0 Å². The highest BCUT2D eigenvalue weighted by Crippen LogP contribution is 2.61. The highest BCUT2D eigenvalue weighted by Gasteiger charge is 2.53. The molecule has 1 aliphatic heterocycles. The second kappa shape index (κ2) is 9.68. The summed E-state index contributed by atoms with van der Waals surface area (Å²) in [7, 11) is 3.38. The third kappa shape index (κ3) is 4.89. The van der Waals surface area contributed by atoms with Crippen molar-refractivity contribution in [2.75, 3.05) is 60.3 Å². The first-order valence-corrected chi connectivity index (χ1v) is 12.2. The first-order chi connectivity index (χ1) is 15.0. The number of hydrogen-bond donors (Lipinski definition) is 0. The van der Waals surface area contributed by atoms with Gasteiger partial charge in [0.25, 0.3) is 0 Å². The van der Waals surface area contributed by atoms with Gasteiger partial charge in [-0.25, -0.2) is 0 Å². The van der Waals surface area contributed by atoms with E-state index in [1.807, 2.05) is 6.07 Å². The lowest BCUT2D eigenvalue weighted by molar-refractivity contribution is -0.947. The minimum Gasteiger partial charge on any atom is -0.493 e. The van der Waals surface area contributed by atoms with Gasteiger partial charge in [0.05, 0.1) is 34.0 Å². The van der Waals surface area contributed by atoms with E-state index in [1.54, 1.807) is 14.2 Å². The minimum atomic E-state index is 0.575. The number of benzene rings is 1. The number of hydrogen-bond acceptors (Lipinski definition) is 4. The van der Waals surface area contributed by atoms with E-state index in [1.165, 1.54) is 31.2 Å². The Bertz CT molecular complexity index is 726. The van der Waals surface area contributed by atoms with Crippen molar-refractivity contribution in [1.29, 1.82) is 0 Å². The molecule has 0 amide bonds. The summed E-state index contributed by atoms with van der Waals surface area (Å²) in [5.41, 5.74) is 1.86. The van der Waals surface area contributed by atoms with E-state index in [2.05, 4.69) is 26.0 Å². The van der Waals surface area contributed by atoms with Crippen LogP contribution in [0.15, 0.2) is 18.2 Å². The average molecular weight is 433 g/mol. The Hall–Kier alpha value is -1.30. The molecule has 4 fully saturated rings. The number of morpholine rings is 1. The molecule has 1 aromatic rings. The van der Waals surface area contributed by atoms with Crippen molar-refractivity contribution in [3.8, 4) is 11.5 Å². The van der Waals surface area contributed by atoms with Crippen molar-refractivity contribution in [3.05, 3.63) is 23.8 Å². The molecule has 2 bridgehead atoms. The summed E-state index contributed by atoms with van der Waals surface area (Å²) in [5.74, 6) is 4.37. The molecule has 0 N–H and O–H groups in total. The van der Waals surface area contributed by atoms with Crippen LogP contribution in [0.3, 0.4) is 0 Å². The van der Waals surface area contributed by atoms with Crippen LogP contribution in [0, 0.1) is 23.2 Å². The van der Waals surface area contributed by atoms with E-state index in [0.717, 1.165) is 86.3 Å². The molecule has 1 aromatic carbocycles. The Morgan fingerprint density at radius 2 is 1.81 bits per heavy atom. The molecule has 4 aliphatic rings. The standard InChI is InChI=1S/C26H42NO4/c1-26(2)22-7-6-21(23(26)18-22)9-13-30-14-10-27(11-15-31-16-12-27)19-20-5-8-24(28-3)25(17-20)29-4/h5,8,17,21-23H,6-7,9-16,18-19H2,1-4H3/q+1. The molecule has 31 heavy (non-hydrogen) atoms. The largest absolute Gasteiger partial charge is 0.493 e. The summed E-state index contributed by atoms with van der Waals surface area (Å²) < 4.78 is 23.8. The maximum absolute atomic E-state index is 6.22. The molecular weight excluding hydrogens is 390 g/mol.